The average molecular weight is 436 g/mol. The summed E-state index contributed by atoms with van der Waals surface area (Å²) in [7, 11) is 0. The van der Waals surface area contributed by atoms with Gasteiger partial charge in [-0.2, -0.15) is 0 Å². The van der Waals surface area contributed by atoms with Crippen LogP contribution in [0.3, 0.4) is 0 Å². The van der Waals surface area contributed by atoms with Gasteiger partial charge in [0.2, 0.25) is 0 Å². The minimum Gasteiger partial charge on any atom is -0.282 e. The standard InChI is InChI=1S/C27H33NO2S/c1-17-15-21-22(27(4,5)14-13-26(21,2)3)16-20(17)19-11-7-6-9-18(19)10-8-12-23-24(29)28-25(30)31-23/h8,10,12,15-16H,6-7,9,11,13-14H2,1-5H3,(H,28,29,30)/b10-8+,23-12-. The predicted octanol–water partition coefficient (Wildman–Crippen LogP) is 7.09. The molecule has 31 heavy (non-hydrogen) atoms. The van der Waals surface area contributed by atoms with E-state index in [2.05, 4.69) is 58.1 Å². The lowest BCUT2D eigenvalue weighted by atomic mass is 9.62. The zero-order valence-corrected chi connectivity index (χ0v) is 20.2. The van der Waals surface area contributed by atoms with Crippen LogP contribution in [0.25, 0.3) is 5.57 Å². The van der Waals surface area contributed by atoms with Crippen molar-refractivity contribution in [3.63, 3.8) is 0 Å². The molecule has 164 valence electrons. The number of rotatable bonds is 3. The van der Waals surface area contributed by atoms with Crippen LogP contribution in [0.2, 0.25) is 0 Å². The molecular weight excluding hydrogens is 402 g/mol. The number of hydrogen-bond donors (Lipinski definition) is 1. The first kappa shape index (κ1) is 22.1. The van der Waals surface area contributed by atoms with Crippen molar-refractivity contribution in [1.29, 1.82) is 0 Å². The number of fused-ring (bicyclic) bond motifs is 1. The van der Waals surface area contributed by atoms with Gasteiger partial charge in [0.25, 0.3) is 11.1 Å². The van der Waals surface area contributed by atoms with Gasteiger partial charge in [-0.15, -0.1) is 0 Å². The molecule has 2 aliphatic carbocycles. The van der Waals surface area contributed by atoms with Crippen LogP contribution in [-0.4, -0.2) is 11.1 Å². The second-order valence-corrected chi connectivity index (χ2v) is 11.4. The Morgan fingerprint density at radius 3 is 2.26 bits per heavy atom. The Morgan fingerprint density at radius 2 is 1.61 bits per heavy atom. The van der Waals surface area contributed by atoms with E-state index in [1.807, 2.05) is 6.08 Å². The highest BCUT2D eigenvalue weighted by atomic mass is 32.2. The van der Waals surface area contributed by atoms with Gasteiger partial charge in [0, 0.05) is 0 Å². The van der Waals surface area contributed by atoms with E-state index in [1.54, 1.807) is 6.08 Å². The van der Waals surface area contributed by atoms with Gasteiger partial charge in [-0.1, -0.05) is 52.0 Å². The molecule has 4 rings (SSSR count). The molecule has 1 aliphatic heterocycles. The first-order valence-corrected chi connectivity index (χ1v) is 12.2. The Kier molecular flexibility index (Phi) is 5.80. The van der Waals surface area contributed by atoms with Crippen molar-refractivity contribution >= 4 is 28.5 Å². The monoisotopic (exact) mass is 435 g/mol. The maximum atomic E-state index is 11.8. The normalized spacial score (nSPS) is 24.1. The van der Waals surface area contributed by atoms with Crippen molar-refractivity contribution in [3.05, 3.63) is 63.1 Å². The summed E-state index contributed by atoms with van der Waals surface area (Å²) in [6.07, 6.45) is 12.8. The number of nitrogens with one attached hydrogen (secondary N) is 1. The molecule has 3 nitrogen and oxygen atoms in total. The maximum absolute atomic E-state index is 11.8. The smallest absolute Gasteiger partial charge is 0.282 e. The van der Waals surface area contributed by atoms with Crippen molar-refractivity contribution in [2.75, 3.05) is 0 Å². The van der Waals surface area contributed by atoms with Crippen LogP contribution in [0.15, 0.2) is 40.8 Å². The molecular formula is C27H33NO2S. The SMILES string of the molecule is Cc1cc2c(cc1C1=C(/C=C/C=C3\SC(=O)NC3=O)CCCC1)C(C)(C)CCC2(C)C. The molecule has 0 unspecified atom stereocenters. The van der Waals surface area contributed by atoms with E-state index >= 15 is 0 Å². The molecule has 0 saturated carbocycles. The zero-order chi connectivity index (χ0) is 22.4. The van der Waals surface area contributed by atoms with Crippen molar-refractivity contribution in [3.8, 4) is 0 Å². The van der Waals surface area contributed by atoms with Gasteiger partial charge in [0.05, 0.1) is 4.91 Å². The van der Waals surface area contributed by atoms with Crippen molar-refractivity contribution < 1.29 is 9.59 Å². The number of hydrogen-bond acceptors (Lipinski definition) is 3. The van der Waals surface area contributed by atoms with Gasteiger partial charge in [0.1, 0.15) is 0 Å². The summed E-state index contributed by atoms with van der Waals surface area (Å²) in [5.74, 6) is -0.298. The molecule has 0 spiro atoms. The molecule has 1 N–H and O–H groups in total. The predicted molar refractivity (Wildman–Crippen MR) is 130 cm³/mol. The Labute approximate surface area is 190 Å². The number of carbonyl (C=O) groups is 2. The highest BCUT2D eigenvalue weighted by molar-refractivity contribution is 8.18. The second kappa shape index (κ2) is 8.12. The molecule has 0 bridgehead atoms. The first-order valence-electron chi connectivity index (χ1n) is 11.4. The van der Waals surface area contributed by atoms with Gasteiger partial charge in [-0.25, -0.2) is 0 Å². The molecule has 4 heteroatoms. The fourth-order valence-corrected chi connectivity index (χ4v) is 5.79. The van der Waals surface area contributed by atoms with E-state index in [4.69, 9.17) is 0 Å². The summed E-state index contributed by atoms with van der Waals surface area (Å²) < 4.78 is 0. The van der Waals surface area contributed by atoms with Crippen LogP contribution in [-0.2, 0) is 15.6 Å². The van der Waals surface area contributed by atoms with E-state index < -0.39 is 0 Å². The fraction of sp³-hybridized carbons (Fsp3) is 0.481. The van der Waals surface area contributed by atoms with Gasteiger partial charge < -0.3 is 0 Å². The summed E-state index contributed by atoms with van der Waals surface area (Å²) in [6, 6.07) is 4.93. The largest absolute Gasteiger partial charge is 0.290 e. The highest BCUT2D eigenvalue weighted by Gasteiger charge is 2.37. The summed E-state index contributed by atoms with van der Waals surface area (Å²) in [4.78, 5) is 23.6. The zero-order valence-electron chi connectivity index (χ0n) is 19.4. The summed E-state index contributed by atoms with van der Waals surface area (Å²) in [6.45, 7) is 11.8. The van der Waals surface area contributed by atoms with Gasteiger partial charge >= 0.3 is 0 Å². The van der Waals surface area contributed by atoms with E-state index in [0.717, 1.165) is 24.6 Å². The topological polar surface area (TPSA) is 46.2 Å². The molecule has 1 aromatic rings. The van der Waals surface area contributed by atoms with Crippen LogP contribution in [0.5, 0.6) is 0 Å². The fourth-order valence-electron chi connectivity index (χ4n) is 5.15. The van der Waals surface area contributed by atoms with Crippen LogP contribution < -0.4 is 5.32 Å². The minimum absolute atomic E-state index is 0.197. The van der Waals surface area contributed by atoms with E-state index in [0.29, 0.717) is 4.91 Å². The number of aryl methyl sites for hydroxylation is 1. The van der Waals surface area contributed by atoms with Gasteiger partial charge in [-0.05, 0) is 108 Å². The van der Waals surface area contributed by atoms with Crippen molar-refractivity contribution in [2.45, 2.75) is 84.0 Å². The van der Waals surface area contributed by atoms with E-state index in [-0.39, 0.29) is 22.0 Å². The van der Waals surface area contributed by atoms with Gasteiger partial charge in [-0.3, -0.25) is 14.9 Å². The minimum atomic E-state index is -0.298. The third-order valence-electron chi connectivity index (χ3n) is 7.22. The first-order chi connectivity index (χ1) is 14.6. The number of amides is 2. The molecule has 0 aromatic heterocycles. The lowest BCUT2D eigenvalue weighted by Crippen LogP contribution is -2.34. The molecule has 1 fully saturated rings. The van der Waals surface area contributed by atoms with Crippen LogP contribution in [0, 0.1) is 6.92 Å². The van der Waals surface area contributed by atoms with Crippen LogP contribution >= 0.6 is 11.8 Å². The quantitative estimate of drug-likeness (QED) is 0.515. The third kappa shape index (κ3) is 4.32. The Balaban J connectivity index is 1.75. The molecule has 1 aromatic carbocycles. The molecule has 0 atom stereocenters. The van der Waals surface area contributed by atoms with Crippen molar-refractivity contribution in [1.82, 2.24) is 5.32 Å². The van der Waals surface area contributed by atoms with E-state index in [1.165, 1.54) is 59.1 Å². The van der Waals surface area contributed by atoms with Gasteiger partial charge in [0.15, 0.2) is 0 Å². The lowest BCUT2D eigenvalue weighted by Gasteiger charge is -2.42. The second-order valence-electron chi connectivity index (χ2n) is 10.4. The summed E-state index contributed by atoms with van der Waals surface area (Å²) >= 11 is 0.969. The highest BCUT2D eigenvalue weighted by Crippen LogP contribution is 2.48. The average Bonchev–Trinajstić information content (AvgIpc) is 3.03. The molecule has 0 radical (unpaired) electrons. The lowest BCUT2D eigenvalue weighted by molar-refractivity contribution is -0.115. The number of thioether (sulfide) groups is 1. The number of benzene rings is 1. The maximum Gasteiger partial charge on any atom is 0.290 e. The van der Waals surface area contributed by atoms with Crippen molar-refractivity contribution in [2.24, 2.45) is 0 Å². The Morgan fingerprint density at radius 1 is 0.968 bits per heavy atom. The molecule has 3 aliphatic rings. The summed E-state index contributed by atoms with van der Waals surface area (Å²) in [5, 5.41) is 2.02. The third-order valence-corrected chi connectivity index (χ3v) is 8.05. The molecule has 1 heterocycles. The summed E-state index contributed by atoms with van der Waals surface area (Å²) in [5.41, 5.74) is 8.99. The Bertz CT molecular complexity index is 1040. The van der Waals surface area contributed by atoms with Crippen LogP contribution in [0.1, 0.15) is 88.5 Å². The molecule has 2 amide bonds. The number of carbonyl (C=O) groups excluding carboxylic acids is 2. The number of imide groups is 1. The Hall–Kier alpha value is -2.07. The number of allylic oxidation sites excluding steroid dienone is 5. The van der Waals surface area contributed by atoms with Crippen LogP contribution in [0.4, 0.5) is 4.79 Å². The van der Waals surface area contributed by atoms with E-state index in [9.17, 15) is 9.59 Å². The molecule has 1 saturated heterocycles.